The second-order valence-electron chi connectivity index (χ2n) is 5.19. The van der Waals surface area contributed by atoms with Crippen molar-refractivity contribution in [2.24, 2.45) is 5.14 Å². The standard InChI is InChI=1S/C14H20N2O5S/c1-4-14(2,9-12(17)21-3)16-13(18)10-5-7-11(8-6-10)22(15,19)20/h5-8H,4,9H2,1-3H3,(H,16,18)(H2,15,19,20)/t14-/m0/s1. The number of benzene rings is 1. The molecule has 0 aliphatic rings. The van der Waals surface area contributed by atoms with E-state index in [0.717, 1.165) is 0 Å². The Balaban J connectivity index is 2.89. The topological polar surface area (TPSA) is 116 Å². The molecule has 0 unspecified atom stereocenters. The van der Waals surface area contributed by atoms with Gasteiger partial charge in [-0.25, -0.2) is 13.6 Å². The number of primary sulfonamides is 1. The van der Waals surface area contributed by atoms with Crippen LogP contribution < -0.4 is 10.5 Å². The Bertz CT molecular complexity index is 654. The summed E-state index contributed by atoms with van der Waals surface area (Å²) in [5, 5.41) is 7.76. The maximum Gasteiger partial charge on any atom is 0.307 e. The van der Waals surface area contributed by atoms with Gasteiger partial charge in [-0.05, 0) is 37.6 Å². The third-order valence-electron chi connectivity index (χ3n) is 3.40. The lowest BCUT2D eigenvalue weighted by atomic mass is 9.94. The van der Waals surface area contributed by atoms with Gasteiger partial charge in [0.2, 0.25) is 10.0 Å². The molecule has 1 rings (SSSR count). The molecule has 0 saturated heterocycles. The van der Waals surface area contributed by atoms with Crippen LogP contribution in [0.25, 0.3) is 0 Å². The summed E-state index contributed by atoms with van der Waals surface area (Å²) in [5.74, 6) is -0.830. The van der Waals surface area contributed by atoms with Crippen LogP contribution in [-0.2, 0) is 19.6 Å². The normalized spacial score (nSPS) is 14.0. The van der Waals surface area contributed by atoms with Gasteiger partial charge in [0, 0.05) is 11.1 Å². The number of rotatable bonds is 6. The van der Waals surface area contributed by atoms with Gasteiger partial charge in [0.1, 0.15) is 0 Å². The van der Waals surface area contributed by atoms with Crippen LogP contribution in [0, 0.1) is 0 Å². The van der Waals surface area contributed by atoms with Gasteiger partial charge in [-0.1, -0.05) is 6.92 Å². The van der Waals surface area contributed by atoms with Crippen LogP contribution in [0.3, 0.4) is 0 Å². The Morgan fingerprint density at radius 1 is 1.27 bits per heavy atom. The van der Waals surface area contributed by atoms with Crippen LogP contribution in [0.5, 0.6) is 0 Å². The first-order valence-electron chi connectivity index (χ1n) is 6.63. The van der Waals surface area contributed by atoms with Crippen molar-refractivity contribution in [1.82, 2.24) is 5.32 Å². The molecule has 122 valence electrons. The number of hydrogen-bond donors (Lipinski definition) is 2. The van der Waals surface area contributed by atoms with E-state index < -0.39 is 27.4 Å². The summed E-state index contributed by atoms with van der Waals surface area (Å²) in [7, 11) is -2.51. The molecule has 8 heteroatoms. The van der Waals surface area contributed by atoms with Crippen LogP contribution >= 0.6 is 0 Å². The van der Waals surface area contributed by atoms with Crippen molar-refractivity contribution in [1.29, 1.82) is 0 Å². The summed E-state index contributed by atoms with van der Waals surface area (Å²) in [6.07, 6.45) is 0.574. The molecule has 0 saturated carbocycles. The molecule has 7 nitrogen and oxygen atoms in total. The summed E-state index contributed by atoms with van der Waals surface area (Å²) < 4.78 is 27.0. The van der Waals surface area contributed by atoms with Gasteiger partial charge in [-0.3, -0.25) is 9.59 Å². The molecule has 1 aromatic rings. The third kappa shape index (κ3) is 4.81. The number of hydrogen-bond acceptors (Lipinski definition) is 5. The number of sulfonamides is 1. The zero-order valence-electron chi connectivity index (χ0n) is 12.8. The van der Waals surface area contributed by atoms with Crippen LogP contribution in [0.2, 0.25) is 0 Å². The zero-order chi connectivity index (χ0) is 17.0. The van der Waals surface area contributed by atoms with Crippen molar-refractivity contribution in [2.45, 2.75) is 37.1 Å². The highest BCUT2D eigenvalue weighted by atomic mass is 32.2. The SMILES string of the molecule is CC[C@@](C)(CC(=O)OC)NC(=O)c1ccc(S(N)(=O)=O)cc1. The molecule has 3 N–H and O–H groups in total. The Labute approximate surface area is 129 Å². The minimum Gasteiger partial charge on any atom is -0.469 e. The molecular weight excluding hydrogens is 308 g/mol. The van der Waals surface area contributed by atoms with Crippen molar-refractivity contribution in [3.8, 4) is 0 Å². The molecule has 0 aliphatic heterocycles. The number of esters is 1. The molecule has 0 spiro atoms. The fraction of sp³-hybridized carbons (Fsp3) is 0.429. The molecule has 1 atom stereocenters. The minimum atomic E-state index is -3.80. The molecule has 0 aliphatic carbocycles. The van der Waals surface area contributed by atoms with Gasteiger partial charge in [0.05, 0.1) is 18.4 Å². The quantitative estimate of drug-likeness (QED) is 0.749. The predicted octanol–water partition coefficient (Wildman–Crippen LogP) is 0.796. The Kier molecular flexibility index (Phi) is 5.67. The maximum absolute atomic E-state index is 12.2. The van der Waals surface area contributed by atoms with Crippen molar-refractivity contribution in [3.05, 3.63) is 29.8 Å². The second-order valence-corrected chi connectivity index (χ2v) is 6.75. The van der Waals surface area contributed by atoms with Crippen LogP contribution in [0.4, 0.5) is 0 Å². The van der Waals surface area contributed by atoms with E-state index in [2.05, 4.69) is 10.1 Å². The molecule has 0 radical (unpaired) electrons. The predicted molar refractivity (Wildman–Crippen MR) is 80.6 cm³/mol. The lowest BCUT2D eigenvalue weighted by Gasteiger charge is -2.28. The van der Waals surface area contributed by atoms with E-state index in [1.807, 2.05) is 6.92 Å². The van der Waals surface area contributed by atoms with E-state index in [4.69, 9.17) is 5.14 Å². The first-order chi connectivity index (χ1) is 10.1. The zero-order valence-corrected chi connectivity index (χ0v) is 13.6. The number of nitrogens with two attached hydrogens (primary N) is 1. The average Bonchev–Trinajstić information content (AvgIpc) is 2.46. The van der Waals surface area contributed by atoms with E-state index in [1.165, 1.54) is 31.4 Å². The smallest absolute Gasteiger partial charge is 0.307 e. The Morgan fingerprint density at radius 3 is 2.23 bits per heavy atom. The second kappa shape index (κ2) is 6.89. The highest BCUT2D eigenvalue weighted by molar-refractivity contribution is 7.89. The van der Waals surface area contributed by atoms with E-state index in [1.54, 1.807) is 6.92 Å². The summed E-state index contributed by atoms with van der Waals surface area (Å²) in [4.78, 5) is 23.5. The van der Waals surface area contributed by atoms with E-state index in [9.17, 15) is 18.0 Å². The molecule has 1 aromatic carbocycles. The largest absolute Gasteiger partial charge is 0.469 e. The summed E-state index contributed by atoms with van der Waals surface area (Å²) in [5.41, 5.74) is -0.472. The number of carbonyl (C=O) groups is 2. The van der Waals surface area contributed by atoms with Crippen LogP contribution in [0.1, 0.15) is 37.0 Å². The number of ether oxygens (including phenoxy) is 1. The van der Waals surface area contributed by atoms with E-state index in [0.29, 0.717) is 6.42 Å². The van der Waals surface area contributed by atoms with E-state index in [-0.39, 0.29) is 16.9 Å². The minimum absolute atomic E-state index is 0.0427. The van der Waals surface area contributed by atoms with Gasteiger partial charge >= 0.3 is 5.97 Å². The lowest BCUT2D eigenvalue weighted by Crippen LogP contribution is -2.47. The lowest BCUT2D eigenvalue weighted by molar-refractivity contribution is -0.142. The maximum atomic E-state index is 12.2. The fourth-order valence-corrected chi connectivity index (χ4v) is 2.31. The van der Waals surface area contributed by atoms with Gasteiger partial charge in [-0.15, -0.1) is 0 Å². The number of amides is 1. The molecule has 22 heavy (non-hydrogen) atoms. The molecule has 0 fully saturated rings. The Hall–Kier alpha value is -1.93. The number of methoxy groups -OCH3 is 1. The number of nitrogens with one attached hydrogen (secondary N) is 1. The molecule has 1 amide bonds. The van der Waals surface area contributed by atoms with Crippen molar-refractivity contribution < 1.29 is 22.7 Å². The van der Waals surface area contributed by atoms with Crippen molar-refractivity contribution in [3.63, 3.8) is 0 Å². The van der Waals surface area contributed by atoms with Crippen LogP contribution in [-0.4, -0.2) is 32.9 Å². The van der Waals surface area contributed by atoms with Gasteiger partial charge in [0.15, 0.2) is 0 Å². The molecule has 0 heterocycles. The third-order valence-corrected chi connectivity index (χ3v) is 4.33. The van der Waals surface area contributed by atoms with Crippen molar-refractivity contribution >= 4 is 21.9 Å². The summed E-state index contributed by atoms with van der Waals surface area (Å²) in [6, 6.07) is 5.24. The summed E-state index contributed by atoms with van der Waals surface area (Å²) in [6.45, 7) is 3.58. The Morgan fingerprint density at radius 2 is 1.82 bits per heavy atom. The fourth-order valence-electron chi connectivity index (χ4n) is 1.79. The van der Waals surface area contributed by atoms with Crippen molar-refractivity contribution in [2.75, 3.05) is 7.11 Å². The van der Waals surface area contributed by atoms with Crippen LogP contribution in [0.15, 0.2) is 29.2 Å². The highest BCUT2D eigenvalue weighted by Crippen LogP contribution is 2.17. The van der Waals surface area contributed by atoms with Gasteiger partial charge < -0.3 is 10.1 Å². The molecular formula is C14H20N2O5S. The first kappa shape index (κ1) is 18.1. The summed E-state index contributed by atoms with van der Waals surface area (Å²) >= 11 is 0. The van der Waals surface area contributed by atoms with Gasteiger partial charge in [-0.2, -0.15) is 0 Å². The highest BCUT2D eigenvalue weighted by Gasteiger charge is 2.28. The first-order valence-corrected chi connectivity index (χ1v) is 8.18. The monoisotopic (exact) mass is 328 g/mol. The molecule has 0 aromatic heterocycles. The van der Waals surface area contributed by atoms with E-state index >= 15 is 0 Å². The molecule has 0 bridgehead atoms. The number of carbonyl (C=O) groups excluding carboxylic acids is 2. The van der Waals surface area contributed by atoms with Gasteiger partial charge in [0.25, 0.3) is 5.91 Å². The average molecular weight is 328 g/mol.